The lowest BCUT2D eigenvalue weighted by Crippen LogP contribution is -2.01. The van der Waals surface area contributed by atoms with E-state index in [2.05, 4.69) is 21.7 Å². The third-order valence-corrected chi connectivity index (χ3v) is 2.53. The molecule has 0 aliphatic heterocycles. The molecule has 0 aromatic carbocycles. The van der Waals surface area contributed by atoms with E-state index in [-0.39, 0.29) is 0 Å². The van der Waals surface area contributed by atoms with Crippen LogP contribution in [-0.4, -0.2) is 14.8 Å². The minimum absolute atomic E-state index is 0.667. The van der Waals surface area contributed by atoms with Gasteiger partial charge in [0.15, 0.2) is 0 Å². The molecule has 1 fully saturated rings. The van der Waals surface area contributed by atoms with Gasteiger partial charge in [-0.15, -0.1) is 10.2 Å². The SMILES string of the molecule is CC1CCC(n2cnnc2)C1. The van der Waals surface area contributed by atoms with Crippen LogP contribution < -0.4 is 0 Å². The molecular formula is C8H13N3. The van der Waals surface area contributed by atoms with Crippen molar-refractivity contribution in [1.29, 1.82) is 0 Å². The van der Waals surface area contributed by atoms with Crippen molar-refractivity contribution < 1.29 is 0 Å². The van der Waals surface area contributed by atoms with Crippen molar-refractivity contribution in [3.05, 3.63) is 12.7 Å². The van der Waals surface area contributed by atoms with E-state index in [4.69, 9.17) is 0 Å². The van der Waals surface area contributed by atoms with E-state index in [1.165, 1.54) is 19.3 Å². The predicted octanol–water partition coefficient (Wildman–Crippen LogP) is 1.64. The van der Waals surface area contributed by atoms with Crippen molar-refractivity contribution in [2.45, 2.75) is 32.2 Å². The maximum Gasteiger partial charge on any atom is 0.119 e. The maximum atomic E-state index is 3.80. The molecule has 1 saturated carbocycles. The van der Waals surface area contributed by atoms with E-state index in [0.717, 1.165) is 5.92 Å². The monoisotopic (exact) mass is 151 g/mol. The average Bonchev–Trinajstić information content (AvgIpc) is 2.55. The smallest absolute Gasteiger partial charge is 0.119 e. The first-order valence-electron chi connectivity index (χ1n) is 4.20. The summed E-state index contributed by atoms with van der Waals surface area (Å²) in [4.78, 5) is 0. The summed E-state index contributed by atoms with van der Waals surface area (Å²) < 4.78 is 2.13. The van der Waals surface area contributed by atoms with Crippen LogP contribution in [0.15, 0.2) is 12.7 Å². The molecule has 1 heterocycles. The first-order valence-corrected chi connectivity index (χ1v) is 4.20. The molecule has 0 spiro atoms. The van der Waals surface area contributed by atoms with Crippen LogP contribution in [0.1, 0.15) is 32.2 Å². The van der Waals surface area contributed by atoms with Crippen molar-refractivity contribution in [2.24, 2.45) is 5.92 Å². The normalized spacial score (nSPS) is 31.0. The molecule has 2 atom stereocenters. The number of hydrogen-bond acceptors (Lipinski definition) is 2. The van der Waals surface area contributed by atoms with Crippen molar-refractivity contribution in [1.82, 2.24) is 14.8 Å². The second kappa shape index (κ2) is 2.64. The molecule has 3 heteroatoms. The zero-order chi connectivity index (χ0) is 7.68. The van der Waals surface area contributed by atoms with Crippen LogP contribution in [0, 0.1) is 5.92 Å². The maximum absolute atomic E-state index is 3.80. The standard InChI is InChI=1S/C8H13N3/c1-7-2-3-8(4-7)11-5-9-10-6-11/h5-8H,2-4H2,1H3. The van der Waals surface area contributed by atoms with Crippen LogP contribution in [0.25, 0.3) is 0 Å². The molecule has 0 bridgehead atoms. The fourth-order valence-electron chi connectivity index (χ4n) is 1.85. The molecule has 0 amide bonds. The Kier molecular flexibility index (Phi) is 1.64. The van der Waals surface area contributed by atoms with Gasteiger partial charge in [0, 0.05) is 6.04 Å². The molecule has 0 radical (unpaired) electrons. The molecule has 0 N–H and O–H groups in total. The van der Waals surface area contributed by atoms with Crippen LogP contribution >= 0.6 is 0 Å². The highest BCUT2D eigenvalue weighted by atomic mass is 15.2. The van der Waals surface area contributed by atoms with Gasteiger partial charge in [-0.3, -0.25) is 0 Å². The highest BCUT2D eigenvalue weighted by Gasteiger charge is 2.21. The third-order valence-electron chi connectivity index (χ3n) is 2.53. The molecular weight excluding hydrogens is 138 g/mol. The Morgan fingerprint density at radius 2 is 2.00 bits per heavy atom. The summed E-state index contributed by atoms with van der Waals surface area (Å²) in [7, 11) is 0. The minimum atomic E-state index is 0.667. The molecule has 1 aliphatic rings. The van der Waals surface area contributed by atoms with Crippen molar-refractivity contribution in [3.8, 4) is 0 Å². The van der Waals surface area contributed by atoms with E-state index in [0.29, 0.717) is 6.04 Å². The number of hydrogen-bond donors (Lipinski definition) is 0. The third kappa shape index (κ3) is 1.27. The fourth-order valence-corrected chi connectivity index (χ4v) is 1.85. The minimum Gasteiger partial charge on any atom is -0.317 e. The second-order valence-electron chi connectivity index (χ2n) is 3.48. The van der Waals surface area contributed by atoms with Gasteiger partial charge in [-0.1, -0.05) is 6.92 Å². The molecule has 1 aliphatic carbocycles. The Morgan fingerprint density at radius 1 is 1.27 bits per heavy atom. The molecule has 2 unspecified atom stereocenters. The zero-order valence-corrected chi connectivity index (χ0v) is 6.77. The van der Waals surface area contributed by atoms with E-state index in [1.54, 1.807) is 0 Å². The van der Waals surface area contributed by atoms with Crippen LogP contribution in [0.4, 0.5) is 0 Å². The second-order valence-corrected chi connectivity index (χ2v) is 3.48. The van der Waals surface area contributed by atoms with E-state index in [9.17, 15) is 0 Å². The van der Waals surface area contributed by atoms with Gasteiger partial charge >= 0.3 is 0 Å². The Balaban J connectivity index is 2.08. The van der Waals surface area contributed by atoms with Crippen LogP contribution in [0.2, 0.25) is 0 Å². The molecule has 1 aromatic rings. The molecule has 1 aromatic heterocycles. The van der Waals surface area contributed by atoms with Gasteiger partial charge < -0.3 is 4.57 Å². The summed E-state index contributed by atoms with van der Waals surface area (Å²) >= 11 is 0. The van der Waals surface area contributed by atoms with Crippen LogP contribution in [0.3, 0.4) is 0 Å². The Hall–Kier alpha value is -0.860. The topological polar surface area (TPSA) is 30.7 Å². The molecule has 0 saturated heterocycles. The first-order chi connectivity index (χ1) is 5.36. The molecule has 3 nitrogen and oxygen atoms in total. The summed E-state index contributed by atoms with van der Waals surface area (Å²) in [6.45, 7) is 2.31. The van der Waals surface area contributed by atoms with E-state index < -0.39 is 0 Å². The lowest BCUT2D eigenvalue weighted by Gasteiger charge is -2.08. The van der Waals surface area contributed by atoms with Gasteiger partial charge in [0.1, 0.15) is 12.7 Å². The van der Waals surface area contributed by atoms with Crippen LogP contribution in [-0.2, 0) is 0 Å². The zero-order valence-electron chi connectivity index (χ0n) is 6.77. The van der Waals surface area contributed by atoms with Crippen molar-refractivity contribution in [2.75, 3.05) is 0 Å². The number of rotatable bonds is 1. The Bertz CT molecular complexity index is 217. The predicted molar refractivity (Wildman–Crippen MR) is 42.1 cm³/mol. The number of aromatic nitrogens is 3. The summed E-state index contributed by atoms with van der Waals surface area (Å²) in [6, 6.07) is 0.667. The fraction of sp³-hybridized carbons (Fsp3) is 0.750. The summed E-state index contributed by atoms with van der Waals surface area (Å²) in [6.07, 6.45) is 7.57. The van der Waals surface area contributed by atoms with Gasteiger partial charge in [-0.25, -0.2) is 0 Å². The summed E-state index contributed by atoms with van der Waals surface area (Å²) in [5, 5.41) is 7.61. The van der Waals surface area contributed by atoms with E-state index >= 15 is 0 Å². The Morgan fingerprint density at radius 3 is 2.55 bits per heavy atom. The van der Waals surface area contributed by atoms with Crippen molar-refractivity contribution >= 4 is 0 Å². The van der Waals surface area contributed by atoms with Crippen LogP contribution in [0.5, 0.6) is 0 Å². The lowest BCUT2D eigenvalue weighted by atomic mass is 10.1. The molecule has 60 valence electrons. The van der Waals surface area contributed by atoms with Gasteiger partial charge in [0.25, 0.3) is 0 Å². The first kappa shape index (κ1) is 6.83. The average molecular weight is 151 g/mol. The largest absolute Gasteiger partial charge is 0.317 e. The highest BCUT2D eigenvalue weighted by molar-refractivity contribution is 4.80. The quantitative estimate of drug-likeness (QED) is 0.611. The van der Waals surface area contributed by atoms with Gasteiger partial charge in [0.2, 0.25) is 0 Å². The highest BCUT2D eigenvalue weighted by Crippen LogP contribution is 2.33. The Labute approximate surface area is 66.4 Å². The van der Waals surface area contributed by atoms with Gasteiger partial charge in [-0.2, -0.15) is 0 Å². The lowest BCUT2D eigenvalue weighted by molar-refractivity contribution is 0.492. The van der Waals surface area contributed by atoms with Crippen molar-refractivity contribution in [3.63, 3.8) is 0 Å². The summed E-state index contributed by atoms with van der Waals surface area (Å²) in [5.41, 5.74) is 0. The van der Waals surface area contributed by atoms with E-state index in [1.807, 2.05) is 12.7 Å². The number of nitrogens with zero attached hydrogens (tertiary/aromatic N) is 3. The summed E-state index contributed by atoms with van der Waals surface area (Å²) in [5.74, 6) is 0.877. The molecule has 11 heavy (non-hydrogen) atoms. The van der Waals surface area contributed by atoms with Gasteiger partial charge in [0.05, 0.1) is 0 Å². The molecule has 2 rings (SSSR count). The van der Waals surface area contributed by atoms with Gasteiger partial charge in [-0.05, 0) is 25.2 Å².